The molecule has 0 atom stereocenters. The van der Waals surface area contributed by atoms with Crippen molar-refractivity contribution in [1.82, 2.24) is 5.32 Å². The number of halogens is 1. The molecule has 0 saturated heterocycles. The van der Waals surface area contributed by atoms with Crippen LogP contribution in [0.15, 0.2) is 58.3 Å². The zero-order chi connectivity index (χ0) is 15.8. The summed E-state index contributed by atoms with van der Waals surface area (Å²) < 4.78 is 0. The van der Waals surface area contributed by atoms with Crippen molar-refractivity contribution in [3.63, 3.8) is 0 Å². The first kappa shape index (κ1) is 17.5. The van der Waals surface area contributed by atoms with Crippen molar-refractivity contribution in [3.05, 3.63) is 53.6 Å². The topological polar surface area (TPSA) is 24.1 Å². The molecule has 0 heterocycles. The van der Waals surface area contributed by atoms with Gasteiger partial charge in [-0.2, -0.15) is 0 Å². The Hall–Kier alpha value is -0.880. The van der Waals surface area contributed by atoms with Gasteiger partial charge in [-0.3, -0.25) is 0 Å². The van der Waals surface area contributed by atoms with Crippen LogP contribution in [0.25, 0.3) is 0 Å². The van der Waals surface area contributed by atoms with Crippen LogP contribution in [0.3, 0.4) is 0 Å². The van der Waals surface area contributed by atoms with E-state index in [4.69, 9.17) is 23.8 Å². The molecule has 0 saturated carbocycles. The third-order valence-electron chi connectivity index (χ3n) is 2.80. The third kappa shape index (κ3) is 6.08. The summed E-state index contributed by atoms with van der Waals surface area (Å²) >= 11 is 14.7. The number of hydrogen-bond acceptors (Lipinski definition) is 3. The average molecular weight is 369 g/mol. The van der Waals surface area contributed by atoms with Gasteiger partial charge in [0.2, 0.25) is 0 Å². The van der Waals surface area contributed by atoms with Gasteiger partial charge < -0.3 is 10.6 Å². The van der Waals surface area contributed by atoms with Crippen molar-refractivity contribution in [3.8, 4) is 0 Å². The Morgan fingerprint density at radius 2 is 1.91 bits per heavy atom. The van der Waals surface area contributed by atoms with Crippen molar-refractivity contribution in [1.29, 1.82) is 0 Å². The van der Waals surface area contributed by atoms with Gasteiger partial charge >= 0.3 is 0 Å². The number of nitrogens with one attached hydrogen (secondary N) is 2. The van der Waals surface area contributed by atoms with Gasteiger partial charge in [-0.15, -0.1) is 23.5 Å². The van der Waals surface area contributed by atoms with Crippen molar-refractivity contribution in [2.45, 2.75) is 9.79 Å². The Kier molecular flexibility index (Phi) is 7.39. The predicted molar refractivity (Wildman–Crippen MR) is 105 cm³/mol. The zero-order valence-electron chi connectivity index (χ0n) is 12.1. The monoisotopic (exact) mass is 368 g/mol. The van der Waals surface area contributed by atoms with E-state index in [0.29, 0.717) is 5.11 Å². The first-order chi connectivity index (χ1) is 10.7. The molecule has 2 N–H and O–H groups in total. The lowest BCUT2D eigenvalue weighted by atomic mass is 10.3. The standard InChI is InChI=1S/C16H17ClN2S3/c1-21-15-4-2-3-13(11-15)19-16(20)18-9-10-22-14-7-5-12(17)6-8-14/h2-8,11H,9-10H2,1H3,(H2,18,19,20). The molecule has 0 aliphatic rings. The van der Waals surface area contributed by atoms with E-state index in [1.54, 1.807) is 23.5 Å². The van der Waals surface area contributed by atoms with E-state index in [2.05, 4.69) is 29.0 Å². The fraction of sp³-hybridized carbons (Fsp3) is 0.188. The molecule has 0 fully saturated rings. The van der Waals surface area contributed by atoms with Crippen LogP contribution < -0.4 is 10.6 Å². The van der Waals surface area contributed by atoms with E-state index in [0.717, 1.165) is 23.0 Å². The maximum absolute atomic E-state index is 5.86. The van der Waals surface area contributed by atoms with Gasteiger partial charge in [0.25, 0.3) is 0 Å². The predicted octanol–water partition coefficient (Wildman–Crippen LogP) is 5.14. The molecule has 2 aromatic carbocycles. The van der Waals surface area contributed by atoms with Crippen LogP contribution in [0.1, 0.15) is 0 Å². The lowest BCUT2D eigenvalue weighted by molar-refractivity contribution is 0.990. The number of rotatable bonds is 6. The molecule has 0 radical (unpaired) electrons. The first-order valence-corrected chi connectivity index (χ1v) is 9.74. The molecule has 2 rings (SSSR count). The fourth-order valence-electron chi connectivity index (χ4n) is 1.74. The second kappa shape index (κ2) is 9.30. The van der Waals surface area contributed by atoms with Crippen LogP contribution in [-0.2, 0) is 0 Å². The third-order valence-corrected chi connectivity index (χ3v) is 5.04. The molecule has 0 aliphatic heterocycles. The van der Waals surface area contributed by atoms with Crippen molar-refractivity contribution in [2.75, 3.05) is 23.9 Å². The summed E-state index contributed by atoms with van der Waals surface area (Å²) in [5.41, 5.74) is 1.01. The number of anilines is 1. The Morgan fingerprint density at radius 3 is 2.64 bits per heavy atom. The quantitative estimate of drug-likeness (QED) is 0.417. The van der Waals surface area contributed by atoms with E-state index < -0.39 is 0 Å². The van der Waals surface area contributed by atoms with Gasteiger partial charge in [0.15, 0.2) is 5.11 Å². The number of thiocarbonyl (C=S) groups is 1. The van der Waals surface area contributed by atoms with Crippen LogP contribution in [0, 0.1) is 0 Å². The summed E-state index contributed by atoms with van der Waals surface area (Å²) in [6, 6.07) is 16.1. The van der Waals surface area contributed by atoms with E-state index in [-0.39, 0.29) is 0 Å². The van der Waals surface area contributed by atoms with E-state index in [1.165, 1.54) is 9.79 Å². The van der Waals surface area contributed by atoms with Gasteiger partial charge in [-0.1, -0.05) is 17.7 Å². The van der Waals surface area contributed by atoms with Crippen LogP contribution in [0.4, 0.5) is 5.69 Å². The lowest BCUT2D eigenvalue weighted by Crippen LogP contribution is -2.30. The molecule has 0 aromatic heterocycles. The molecule has 0 unspecified atom stereocenters. The second-order valence-corrected chi connectivity index (χ2v) is 7.31. The van der Waals surface area contributed by atoms with E-state index in [1.807, 2.05) is 36.4 Å². The minimum Gasteiger partial charge on any atom is -0.362 e. The molecule has 2 nitrogen and oxygen atoms in total. The molecule has 22 heavy (non-hydrogen) atoms. The maximum Gasteiger partial charge on any atom is 0.170 e. The van der Waals surface area contributed by atoms with Gasteiger partial charge in [-0.05, 0) is 60.9 Å². The van der Waals surface area contributed by atoms with Crippen molar-refractivity contribution in [2.24, 2.45) is 0 Å². The number of benzene rings is 2. The minimum absolute atomic E-state index is 0.648. The average Bonchev–Trinajstić information content (AvgIpc) is 2.53. The van der Waals surface area contributed by atoms with Crippen LogP contribution in [0.5, 0.6) is 0 Å². The number of hydrogen-bond donors (Lipinski definition) is 2. The lowest BCUT2D eigenvalue weighted by Gasteiger charge is -2.11. The van der Waals surface area contributed by atoms with Crippen molar-refractivity contribution < 1.29 is 0 Å². The van der Waals surface area contributed by atoms with Gasteiger partial charge in [0.05, 0.1) is 0 Å². The smallest absolute Gasteiger partial charge is 0.170 e. The Morgan fingerprint density at radius 1 is 1.14 bits per heavy atom. The highest BCUT2D eigenvalue weighted by Crippen LogP contribution is 2.20. The molecule has 0 spiro atoms. The van der Waals surface area contributed by atoms with Gasteiger partial charge in [-0.25, -0.2) is 0 Å². The molecular formula is C16H17ClN2S3. The summed E-state index contributed by atoms with van der Waals surface area (Å²) in [5, 5.41) is 7.83. The summed E-state index contributed by atoms with van der Waals surface area (Å²) in [6.07, 6.45) is 2.06. The molecule has 0 aliphatic carbocycles. The number of thioether (sulfide) groups is 2. The summed E-state index contributed by atoms with van der Waals surface area (Å²) in [6.45, 7) is 0.807. The fourth-order valence-corrected chi connectivity index (χ4v) is 3.31. The summed E-state index contributed by atoms with van der Waals surface area (Å²) in [5.74, 6) is 0.939. The minimum atomic E-state index is 0.648. The highest BCUT2D eigenvalue weighted by Gasteiger charge is 1.99. The van der Waals surface area contributed by atoms with Gasteiger partial charge in [0.1, 0.15) is 0 Å². The Balaban J connectivity index is 1.70. The molecule has 2 aromatic rings. The summed E-state index contributed by atoms with van der Waals surface area (Å²) in [7, 11) is 0. The summed E-state index contributed by atoms with van der Waals surface area (Å²) in [4.78, 5) is 2.42. The molecule has 116 valence electrons. The van der Waals surface area contributed by atoms with Crippen LogP contribution in [0.2, 0.25) is 5.02 Å². The first-order valence-electron chi connectivity index (χ1n) is 6.74. The molecule has 0 amide bonds. The molecule has 0 bridgehead atoms. The Bertz CT molecular complexity index is 617. The highest BCUT2D eigenvalue weighted by atomic mass is 35.5. The van der Waals surface area contributed by atoms with Crippen LogP contribution in [-0.4, -0.2) is 23.7 Å². The Labute approximate surface area is 150 Å². The second-order valence-electron chi connectivity index (χ2n) is 4.42. The SMILES string of the molecule is CSc1cccc(NC(=S)NCCSc2ccc(Cl)cc2)c1. The maximum atomic E-state index is 5.86. The normalized spacial score (nSPS) is 10.3. The largest absolute Gasteiger partial charge is 0.362 e. The van der Waals surface area contributed by atoms with E-state index >= 15 is 0 Å². The molecule has 6 heteroatoms. The van der Waals surface area contributed by atoms with Gasteiger partial charge in [0, 0.05) is 32.8 Å². The van der Waals surface area contributed by atoms with Crippen molar-refractivity contribution >= 4 is 58.1 Å². The van der Waals surface area contributed by atoms with Crippen LogP contribution >= 0.6 is 47.3 Å². The van der Waals surface area contributed by atoms with E-state index in [9.17, 15) is 0 Å². The highest BCUT2D eigenvalue weighted by molar-refractivity contribution is 7.99. The molecular weight excluding hydrogens is 352 g/mol. The zero-order valence-corrected chi connectivity index (χ0v) is 15.3.